The first-order valence-electron chi connectivity index (χ1n) is 10.8. The van der Waals surface area contributed by atoms with Gasteiger partial charge in [0.05, 0.1) is 35.2 Å². The fourth-order valence-corrected chi connectivity index (χ4v) is 4.04. The molecule has 4 heterocycles. The van der Waals surface area contributed by atoms with Gasteiger partial charge < -0.3 is 20.4 Å². The van der Waals surface area contributed by atoms with Gasteiger partial charge in [0.2, 0.25) is 11.9 Å². The smallest absolute Gasteiger partial charge is 0.354 e. The minimum atomic E-state index is -4.52. The van der Waals surface area contributed by atoms with Crippen molar-refractivity contribution < 1.29 is 18.0 Å². The van der Waals surface area contributed by atoms with Crippen molar-refractivity contribution in [2.75, 3.05) is 48.8 Å². The summed E-state index contributed by atoms with van der Waals surface area (Å²) in [7, 11) is 2.10. The number of hydrogen-bond acceptors (Lipinski definition) is 7. The number of halogens is 3. The Morgan fingerprint density at radius 2 is 1.82 bits per heavy atom. The molecule has 0 atom stereocenters. The number of nitrogens with zero attached hydrogens (tertiary/aromatic N) is 5. The molecule has 176 valence electrons. The number of aromatic nitrogens is 3. The summed E-state index contributed by atoms with van der Waals surface area (Å²) in [6.07, 6.45) is -1.34. The monoisotopic (exact) mass is 469 g/mol. The first kappa shape index (κ1) is 22.1. The van der Waals surface area contributed by atoms with Crippen molar-refractivity contribution >= 4 is 29.0 Å². The van der Waals surface area contributed by atoms with Gasteiger partial charge in [0.15, 0.2) is 0 Å². The SMILES string of the molecule is CN1CCN(c2ccc(Nc3ncc4c(n3)-c3ccc(C(F)(F)F)cc3NC(=O)C4)cn2)CC1. The number of carbonyl (C=O) groups is 1. The number of carbonyl (C=O) groups excluding carboxylic acids is 1. The normalized spacial score (nSPS) is 16.4. The second kappa shape index (κ2) is 8.56. The zero-order chi connectivity index (χ0) is 23.9. The van der Waals surface area contributed by atoms with Crippen LogP contribution in [-0.4, -0.2) is 59.0 Å². The van der Waals surface area contributed by atoms with Crippen LogP contribution in [0.5, 0.6) is 0 Å². The molecule has 0 radical (unpaired) electrons. The lowest BCUT2D eigenvalue weighted by molar-refractivity contribution is -0.137. The molecule has 2 aliphatic heterocycles. The summed E-state index contributed by atoms with van der Waals surface area (Å²) in [5.41, 5.74) is 1.25. The van der Waals surface area contributed by atoms with Crippen molar-refractivity contribution in [3.05, 3.63) is 53.9 Å². The maximum Gasteiger partial charge on any atom is 0.416 e. The number of nitrogens with one attached hydrogen (secondary N) is 2. The first-order chi connectivity index (χ1) is 16.3. The number of alkyl halides is 3. The molecule has 34 heavy (non-hydrogen) atoms. The van der Waals surface area contributed by atoms with E-state index in [0.29, 0.717) is 22.5 Å². The molecule has 0 bridgehead atoms. The molecule has 1 fully saturated rings. The van der Waals surface area contributed by atoms with Gasteiger partial charge in [0.25, 0.3) is 0 Å². The molecule has 11 heteroatoms. The number of fused-ring (bicyclic) bond motifs is 3. The van der Waals surface area contributed by atoms with Crippen molar-refractivity contribution in [1.82, 2.24) is 19.9 Å². The lowest BCUT2D eigenvalue weighted by Gasteiger charge is -2.33. The van der Waals surface area contributed by atoms with E-state index in [-0.39, 0.29) is 18.1 Å². The third-order valence-electron chi connectivity index (χ3n) is 5.92. The standard InChI is InChI=1S/C23H22F3N7O/c1-32-6-8-33(9-7-32)19-5-3-16(13-27-19)29-22-28-12-14-10-20(34)30-18-11-15(23(24,25)26)2-4-17(18)21(14)31-22/h2-5,11-13H,6-10H2,1H3,(H,30,34)(H,28,29,31). The van der Waals surface area contributed by atoms with E-state index in [9.17, 15) is 18.0 Å². The largest absolute Gasteiger partial charge is 0.416 e. The predicted molar refractivity (Wildman–Crippen MR) is 122 cm³/mol. The number of rotatable bonds is 3. The maximum atomic E-state index is 13.2. The van der Waals surface area contributed by atoms with Crippen LogP contribution in [0.3, 0.4) is 0 Å². The number of pyridine rings is 1. The molecule has 0 unspecified atom stereocenters. The van der Waals surface area contributed by atoms with E-state index in [2.05, 4.69) is 42.4 Å². The quantitative estimate of drug-likeness (QED) is 0.607. The van der Waals surface area contributed by atoms with Crippen molar-refractivity contribution in [2.24, 2.45) is 0 Å². The molecule has 3 aromatic rings. The molecular weight excluding hydrogens is 447 g/mol. The van der Waals surface area contributed by atoms with Crippen LogP contribution in [0, 0.1) is 0 Å². The molecule has 2 N–H and O–H groups in total. The van der Waals surface area contributed by atoms with E-state index in [0.717, 1.165) is 44.1 Å². The van der Waals surface area contributed by atoms with Crippen LogP contribution in [0.4, 0.5) is 36.3 Å². The van der Waals surface area contributed by atoms with Crippen LogP contribution in [-0.2, 0) is 17.4 Å². The minimum absolute atomic E-state index is 0.0348. The number of amides is 1. The summed E-state index contributed by atoms with van der Waals surface area (Å²) in [6.45, 7) is 3.78. The topological polar surface area (TPSA) is 86.3 Å². The second-order valence-corrected chi connectivity index (χ2v) is 8.37. The average molecular weight is 469 g/mol. The summed E-state index contributed by atoms with van der Waals surface area (Å²) >= 11 is 0. The first-order valence-corrected chi connectivity index (χ1v) is 10.8. The highest BCUT2D eigenvalue weighted by atomic mass is 19.4. The summed E-state index contributed by atoms with van der Waals surface area (Å²) in [6, 6.07) is 7.04. The fraction of sp³-hybridized carbons (Fsp3) is 0.304. The lowest BCUT2D eigenvalue weighted by Crippen LogP contribution is -2.44. The Morgan fingerprint density at radius 1 is 1.03 bits per heavy atom. The zero-order valence-electron chi connectivity index (χ0n) is 18.4. The van der Waals surface area contributed by atoms with Gasteiger partial charge >= 0.3 is 6.18 Å². The van der Waals surface area contributed by atoms with Crippen LogP contribution >= 0.6 is 0 Å². The van der Waals surface area contributed by atoms with Gasteiger partial charge in [0, 0.05) is 43.5 Å². The number of piperazine rings is 1. The number of hydrogen-bond donors (Lipinski definition) is 2. The van der Waals surface area contributed by atoms with Gasteiger partial charge in [0.1, 0.15) is 5.82 Å². The molecule has 5 rings (SSSR count). The Hall–Kier alpha value is -3.73. The summed E-state index contributed by atoms with van der Waals surface area (Å²) < 4.78 is 39.5. The third-order valence-corrected chi connectivity index (χ3v) is 5.92. The minimum Gasteiger partial charge on any atom is -0.354 e. The van der Waals surface area contributed by atoms with Crippen molar-refractivity contribution in [2.45, 2.75) is 12.6 Å². The van der Waals surface area contributed by atoms with E-state index in [1.807, 2.05) is 12.1 Å². The average Bonchev–Trinajstić information content (AvgIpc) is 2.94. The molecule has 8 nitrogen and oxygen atoms in total. The molecule has 1 saturated heterocycles. The fourth-order valence-electron chi connectivity index (χ4n) is 4.04. The van der Waals surface area contributed by atoms with Gasteiger partial charge in [-0.25, -0.2) is 15.0 Å². The summed E-state index contributed by atoms with van der Waals surface area (Å²) in [4.78, 5) is 30.1. The van der Waals surface area contributed by atoms with E-state index >= 15 is 0 Å². The Labute approximate surface area is 193 Å². The van der Waals surface area contributed by atoms with Crippen molar-refractivity contribution in [1.29, 1.82) is 0 Å². The van der Waals surface area contributed by atoms with Gasteiger partial charge in [-0.2, -0.15) is 13.2 Å². The molecule has 1 aromatic carbocycles. The Balaban J connectivity index is 1.41. The number of anilines is 4. The van der Waals surface area contributed by atoms with E-state index in [1.165, 1.54) is 12.3 Å². The van der Waals surface area contributed by atoms with Crippen LogP contribution in [0.2, 0.25) is 0 Å². The highest BCUT2D eigenvalue weighted by molar-refractivity contribution is 6.00. The van der Waals surface area contributed by atoms with E-state index in [1.54, 1.807) is 6.20 Å². The number of benzene rings is 1. The Kier molecular flexibility index (Phi) is 5.56. The molecule has 2 aromatic heterocycles. The van der Waals surface area contributed by atoms with Crippen LogP contribution in [0.25, 0.3) is 11.3 Å². The van der Waals surface area contributed by atoms with Crippen molar-refractivity contribution in [3.63, 3.8) is 0 Å². The van der Waals surface area contributed by atoms with Crippen LogP contribution in [0.1, 0.15) is 11.1 Å². The van der Waals surface area contributed by atoms with Gasteiger partial charge in [-0.15, -0.1) is 0 Å². The Morgan fingerprint density at radius 3 is 2.53 bits per heavy atom. The molecule has 2 aliphatic rings. The maximum absolute atomic E-state index is 13.2. The molecule has 1 amide bonds. The highest BCUT2D eigenvalue weighted by Crippen LogP contribution is 2.38. The Bertz CT molecular complexity index is 1220. The summed E-state index contributed by atoms with van der Waals surface area (Å²) in [5.74, 6) is 0.723. The van der Waals surface area contributed by atoms with Crippen molar-refractivity contribution in [3.8, 4) is 11.3 Å². The van der Waals surface area contributed by atoms with Crippen LogP contribution in [0.15, 0.2) is 42.7 Å². The third kappa shape index (κ3) is 4.51. The molecule has 0 aliphatic carbocycles. The molecular formula is C23H22F3N7O. The highest BCUT2D eigenvalue weighted by Gasteiger charge is 2.32. The molecule has 0 saturated carbocycles. The summed E-state index contributed by atoms with van der Waals surface area (Å²) in [5, 5.41) is 5.64. The predicted octanol–water partition coefficient (Wildman–Crippen LogP) is 3.55. The van der Waals surface area contributed by atoms with Crippen LogP contribution < -0.4 is 15.5 Å². The van der Waals surface area contributed by atoms with Gasteiger partial charge in [-0.05, 0) is 31.3 Å². The van der Waals surface area contributed by atoms with Gasteiger partial charge in [-0.1, -0.05) is 6.07 Å². The lowest BCUT2D eigenvalue weighted by atomic mass is 10.0. The van der Waals surface area contributed by atoms with E-state index < -0.39 is 17.6 Å². The number of likely N-dealkylation sites (N-methyl/N-ethyl adjacent to an activating group) is 1. The van der Waals surface area contributed by atoms with E-state index in [4.69, 9.17) is 0 Å². The molecule has 0 spiro atoms. The zero-order valence-corrected chi connectivity index (χ0v) is 18.4. The van der Waals surface area contributed by atoms with Gasteiger partial charge in [-0.3, -0.25) is 4.79 Å². The second-order valence-electron chi connectivity index (χ2n) is 8.37.